The third-order valence-corrected chi connectivity index (χ3v) is 5.49. The molecule has 1 amide bonds. The Morgan fingerprint density at radius 1 is 1.12 bits per heavy atom. The molecule has 0 bridgehead atoms. The van der Waals surface area contributed by atoms with Gasteiger partial charge in [0, 0.05) is 5.56 Å². The largest absolute Gasteiger partial charge is 0.492 e. The van der Waals surface area contributed by atoms with Gasteiger partial charge in [0.05, 0.1) is 22.9 Å². The fourth-order valence-electron chi connectivity index (χ4n) is 2.64. The summed E-state index contributed by atoms with van der Waals surface area (Å²) in [7, 11) is -3.94. The van der Waals surface area contributed by atoms with Crippen LogP contribution in [0.15, 0.2) is 58.3 Å². The van der Waals surface area contributed by atoms with E-state index < -0.39 is 20.6 Å². The number of rotatable bonds is 5. The molecule has 0 aromatic heterocycles. The first-order valence-corrected chi connectivity index (χ1v) is 8.82. The smallest absolute Gasteiger partial charge is 0.262 e. The van der Waals surface area contributed by atoms with Crippen molar-refractivity contribution < 1.29 is 17.9 Å². The monoisotopic (exact) mass is 344 g/mol. The normalized spacial score (nSPS) is 15.0. The molecule has 24 heavy (non-hydrogen) atoms. The molecule has 0 spiro atoms. The molecule has 7 heteroatoms. The standard InChI is InChI=1S/C17H16N2O4S/c1-2-23-13-9-5-4-8-12(13)19-15-11-7-3-6-10-14(11)24(21,22)16(15)17(18)20/h3-10,19H,2H2,1H3,(H2,18,20). The number of nitrogens with two attached hydrogens (primary N) is 1. The summed E-state index contributed by atoms with van der Waals surface area (Å²) in [5, 5.41) is 3.01. The molecule has 3 rings (SSSR count). The van der Waals surface area contributed by atoms with Gasteiger partial charge < -0.3 is 15.8 Å². The topological polar surface area (TPSA) is 98.5 Å². The Bertz CT molecular complexity index is 949. The molecule has 0 saturated heterocycles. The van der Waals surface area contributed by atoms with Crippen LogP contribution in [-0.4, -0.2) is 20.9 Å². The van der Waals surface area contributed by atoms with Gasteiger partial charge in [-0.3, -0.25) is 4.79 Å². The third kappa shape index (κ3) is 2.52. The summed E-state index contributed by atoms with van der Waals surface area (Å²) in [6.07, 6.45) is 0. The summed E-state index contributed by atoms with van der Waals surface area (Å²) >= 11 is 0. The maximum Gasteiger partial charge on any atom is 0.262 e. The molecule has 0 radical (unpaired) electrons. The number of para-hydroxylation sites is 2. The second kappa shape index (κ2) is 6.01. The highest BCUT2D eigenvalue weighted by molar-refractivity contribution is 7.97. The molecular weight excluding hydrogens is 328 g/mol. The van der Waals surface area contributed by atoms with E-state index in [1.165, 1.54) is 6.07 Å². The molecule has 0 saturated carbocycles. The van der Waals surface area contributed by atoms with Crippen LogP contribution < -0.4 is 15.8 Å². The van der Waals surface area contributed by atoms with Crippen molar-refractivity contribution in [2.45, 2.75) is 11.8 Å². The predicted octanol–water partition coefficient (Wildman–Crippen LogP) is 2.14. The first kappa shape index (κ1) is 16.1. The fourth-order valence-corrected chi connectivity index (χ4v) is 4.27. The van der Waals surface area contributed by atoms with E-state index in [0.29, 0.717) is 23.6 Å². The lowest BCUT2D eigenvalue weighted by Crippen LogP contribution is -2.20. The van der Waals surface area contributed by atoms with Gasteiger partial charge in [0.1, 0.15) is 5.75 Å². The van der Waals surface area contributed by atoms with Crippen LogP contribution in [0, 0.1) is 0 Å². The SMILES string of the molecule is CCOc1ccccc1NC1=C(C(N)=O)S(=O)(=O)c2ccccc21. The average molecular weight is 344 g/mol. The van der Waals surface area contributed by atoms with Crippen LogP contribution in [0.1, 0.15) is 12.5 Å². The van der Waals surface area contributed by atoms with Crippen molar-refractivity contribution in [3.8, 4) is 5.75 Å². The van der Waals surface area contributed by atoms with Gasteiger partial charge in [-0.1, -0.05) is 30.3 Å². The van der Waals surface area contributed by atoms with Crippen molar-refractivity contribution >= 4 is 27.1 Å². The Morgan fingerprint density at radius 2 is 1.79 bits per heavy atom. The minimum atomic E-state index is -3.94. The quantitative estimate of drug-likeness (QED) is 0.866. The summed E-state index contributed by atoms with van der Waals surface area (Å²) in [6, 6.07) is 13.5. The molecule has 2 aromatic carbocycles. The second-order valence-electron chi connectivity index (χ2n) is 5.12. The molecule has 0 atom stereocenters. The summed E-state index contributed by atoms with van der Waals surface area (Å²) in [5.41, 5.74) is 6.49. The van der Waals surface area contributed by atoms with Crippen molar-refractivity contribution in [1.29, 1.82) is 0 Å². The lowest BCUT2D eigenvalue weighted by Gasteiger charge is -2.14. The van der Waals surface area contributed by atoms with E-state index in [-0.39, 0.29) is 10.6 Å². The van der Waals surface area contributed by atoms with Gasteiger partial charge in [0.15, 0.2) is 4.91 Å². The Balaban J connectivity index is 2.18. The van der Waals surface area contributed by atoms with Crippen LogP contribution in [0.3, 0.4) is 0 Å². The lowest BCUT2D eigenvalue weighted by molar-refractivity contribution is -0.113. The molecule has 0 fully saturated rings. The number of hydrogen-bond acceptors (Lipinski definition) is 5. The first-order chi connectivity index (χ1) is 11.5. The highest BCUT2D eigenvalue weighted by atomic mass is 32.2. The van der Waals surface area contributed by atoms with Crippen LogP contribution in [-0.2, 0) is 14.6 Å². The summed E-state index contributed by atoms with van der Waals surface area (Å²) in [5.74, 6) is -0.444. The molecule has 0 unspecified atom stereocenters. The van der Waals surface area contributed by atoms with Gasteiger partial charge in [-0.05, 0) is 25.1 Å². The minimum absolute atomic E-state index is 0.0650. The number of carbonyl (C=O) groups excluding carboxylic acids is 1. The summed E-state index contributed by atoms with van der Waals surface area (Å²) < 4.78 is 30.7. The van der Waals surface area contributed by atoms with Crippen LogP contribution in [0.25, 0.3) is 5.70 Å². The second-order valence-corrected chi connectivity index (χ2v) is 6.98. The van der Waals surface area contributed by atoms with Gasteiger partial charge in [-0.25, -0.2) is 8.42 Å². The minimum Gasteiger partial charge on any atom is -0.492 e. The molecule has 0 aliphatic carbocycles. The number of primary amides is 1. The number of carbonyl (C=O) groups is 1. The van der Waals surface area contributed by atoms with E-state index in [2.05, 4.69) is 5.32 Å². The summed E-state index contributed by atoms with van der Waals surface area (Å²) in [4.78, 5) is 11.4. The first-order valence-electron chi connectivity index (χ1n) is 7.34. The average Bonchev–Trinajstić information content (AvgIpc) is 2.77. The number of benzene rings is 2. The Hall–Kier alpha value is -2.80. The highest BCUT2D eigenvalue weighted by Crippen LogP contribution is 2.40. The third-order valence-electron chi connectivity index (χ3n) is 3.61. The van der Waals surface area contributed by atoms with Gasteiger partial charge in [0.2, 0.25) is 9.84 Å². The van der Waals surface area contributed by atoms with Crippen LogP contribution in [0.5, 0.6) is 5.75 Å². The Morgan fingerprint density at radius 3 is 2.50 bits per heavy atom. The van der Waals surface area contributed by atoms with E-state index in [1.54, 1.807) is 42.5 Å². The molecule has 124 valence electrons. The molecule has 1 heterocycles. The molecule has 3 N–H and O–H groups in total. The van der Waals surface area contributed by atoms with Crippen molar-refractivity contribution in [1.82, 2.24) is 0 Å². The lowest BCUT2D eigenvalue weighted by atomic mass is 10.1. The van der Waals surface area contributed by atoms with E-state index in [0.717, 1.165) is 0 Å². The van der Waals surface area contributed by atoms with Crippen molar-refractivity contribution in [3.05, 3.63) is 59.0 Å². The van der Waals surface area contributed by atoms with Crippen molar-refractivity contribution in [3.63, 3.8) is 0 Å². The van der Waals surface area contributed by atoms with Crippen molar-refractivity contribution in [2.24, 2.45) is 5.73 Å². The molecule has 1 aliphatic rings. The van der Waals surface area contributed by atoms with Crippen LogP contribution in [0.2, 0.25) is 0 Å². The van der Waals surface area contributed by atoms with E-state index >= 15 is 0 Å². The van der Waals surface area contributed by atoms with E-state index in [9.17, 15) is 13.2 Å². The van der Waals surface area contributed by atoms with Crippen molar-refractivity contribution in [2.75, 3.05) is 11.9 Å². The number of hydrogen-bond donors (Lipinski definition) is 2. The number of sulfone groups is 1. The molecule has 6 nitrogen and oxygen atoms in total. The van der Waals surface area contributed by atoms with Gasteiger partial charge in [0.25, 0.3) is 5.91 Å². The number of anilines is 1. The zero-order valence-electron chi connectivity index (χ0n) is 12.9. The fraction of sp³-hybridized carbons (Fsp3) is 0.118. The number of amides is 1. The van der Waals surface area contributed by atoms with Gasteiger partial charge in [-0.2, -0.15) is 0 Å². The van der Waals surface area contributed by atoms with Crippen LogP contribution in [0.4, 0.5) is 5.69 Å². The Kier molecular flexibility index (Phi) is 4.02. The zero-order chi connectivity index (χ0) is 17.3. The molecule has 1 aliphatic heterocycles. The van der Waals surface area contributed by atoms with Gasteiger partial charge in [-0.15, -0.1) is 0 Å². The predicted molar refractivity (Wildman–Crippen MR) is 91.0 cm³/mol. The number of nitrogens with one attached hydrogen (secondary N) is 1. The molecular formula is C17H16N2O4S. The van der Waals surface area contributed by atoms with E-state index in [4.69, 9.17) is 10.5 Å². The van der Waals surface area contributed by atoms with Gasteiger partial charge >= 0.3 is 0 Å². The Labute approximate surface area is 139 Å². The highest BCUT2D eigenvalue weighted by Gasteiger charge is 2.39. The van der Waals surface area contributed by atoms with Crippen LogP contribution >= 0.6 is 0 Å². The number of fused-ring (bicyclic) bond motifs is 1. The van der Waals surface area contributed by atoms with E-state index in [1.807, 2.05) is 6.92 Å². The summed E-state index contributed by atoms with van der Waals surface area (Å²) in [6.45, 7) is 2.30. The maximum atomic E-state index is 12.6. The maximum absolute atomic E-state index is 12.6. The number of ether oxygens (including phenoxy) is 1. The molecule has 2 aromatic rings. The zero-order valence-corrected chi connectivity index (χ0v) is 13.8.